The Morgan fingerprint density at radius 3 is 2.50 bits per heavy atom. The molecule has 0 spiro atoms. The van der Waals surface area contributed by atoms with Crippen LogP contribution in [0, 0.1) is 6.07 Å². The third-order valence-electron chi connectivity index (χ3n) is 2.06. The molecule has 0 N–H and O–H groups in total. The first kappa shape index (κ1) is 16.0. The Bertz CT molecular complexity index is 480. The van der Waals surface area contributed by atoms with E-state index in [1.165, 1.54) is 16.3 Å². The number of halogens is 3. The van der Waals surface area contributed by atoms with E-state index >= 15 is 0 Å². The van der Waals surface area contributed by atoms with Gasteiger partial charge in [-0.15, -0.1) is 5.56 Å². The van der Waals surface area contributed by atoms with Crippen LogP contribution in [0.4, 0.5) is 0 Å². The summed E-state index contributed by atoms with van der Waals surface area (Å²) in [4.78, 5) is 0. The van der Waals surface area contributed by atoms with Crippen molar-refractivity contribution in [1.82, 2.24) is 0 Å². The van der Waals surface area contributed by atoms with E-state index in [1.807, 2.05) is 24.3 Å². The van der Waals surface area contributed by atoms with Crippen molar-refractivity contribution in [3.05, 3.63) is 64.1 Å². The van der Waals surface area contributed by atoms with E-state index in [2.05, 4.69) is 19.7 Å². The SMILES string of the molecule is Clc1ccc(OCc2[c-]cccc2)cc1Cl.[Zn+][Br]. The summed E-state index contributed by atoms with van der Waals surface area (Å²) < 4.78 is 5.55. The Hall–Kier alpha value is -0.0766. The Morgan fingerprint density at radius 2 is 1.89 bits per heavy atom. The molecule has 2 rings (SSSR count). The zero-order valence-corrected chi connectivity index (χ0v) is 15.6. The molecule has 5 heteroatoms. The molecule has 0 radical (unpaired) electrons. The van der Waals surface area contributed by atoms with Crippen LogP contribution in [-0.4, -0.2) is 0 Å². The molecule has 0 amide bonds. The summed E-state index contributed by atoms with van der Waals surface area (Å²) in [5, 5.41) is 1.02. The predicted molar refractivity (Wildman–Crippen MR) is 75.0 cm³/mol. The zero-order chi connectivity index (χ0) is 13.4. The van der Waals surface area contributed by atoms with Gasteiger partial charge in [-0.3, -0.25) is 0 Å². The molecule has 0 aliphatic carbocycles. The third kappa shape index (κ3) is 5.28. The van der Waals surface area contributed by atoms with E-state index in [0.29, 0.717) is 22.4 Å². The van der Waals surface area contributed by atoms with Gasteiger partial charge in [0.05, 0.1) is 16.7 Å². The van der Waals surface area contributed by atoms with Crippen molar-refractivity contribution in [2.75, 3.05) is 0 Å². The third-order valence-corrected chi connectivity index (χ3v) is 2.80. The second-order valence-corrected chi connectivity index (χ2v) is 4.07. The first-order chi connectivity index (χ1) is 8.75. The monoisotopic (exact) mass is 394 g/mol. The fourth-order valence-electron chi connectivity index (χ4n) is 1.25. The number of hydrogen-bond acceptors (Lipinski definition) is 1. The van der Waals surface area contributed by atoms with Gasteiger partial charge in [0.25, 0.3) is 0 Å². The number of hydrogen-bond donors (Lipinski definition) is 0. The van der Waals surface area contributed by atoms with Crippen LogP contribution >= 0.6 is 36.8 Å². The van der Waals surface area contributed by atoms with E-state index < -0.39 is 0 Å². The van der Waals surface area contributed by atoms with E-state index in [4.69, 9.17) is 27.9 Å². The molecule has 0 saturated heterocycles. The molecule has 0 aliphatic rings. The standard InChI is InChI=1S/C13H9Cl2O.BrH.Zn/c14-12-7-6-11(8-13(12)15)16-9-10-4-2-1-3-5-10;;/h1-4,6-8H,9H2;1H;/q-1;;+2/p-1. The summed E-state index contributed by atoms with van der Waals surface area (Å²) >= 11 is 15.9. The van der Waals surface area contributed by atoms with Gasteiger partial charge in [0.15, 0.2) is 0 Å². The average Bonchev–Trinajstić information content (AvgIpc) is 2.44. The number of ether oxygens (including phenoxy) is 1. The van der Waals surface area contributed by atoms with Gasteiger partial charge >= 0.3 is 30.0 Å². The molecule has 2 aromatic rings. The molecule has 0 heterocycles. The minimum absolute atomic E-state index is 0.471. The molecule has 1 nitrogen and oxygen atoms in total. The molecule has 90 valence electrons. The van der Waals surface area contributed by atoms with Gasteiger partial charge in [-0.25, -0.2) is 0 Å². The van der Waals surface area contributed by atoms with Gasteiger partial charge in [0, 0.05) is 6.07 Å². The summed E-state index contributed by atoms with van der Waals surface area (Å²) in [5.41, 5.74) is 0.994. The minimum atomic E-state index is 0.471. The fourth-order valence-corrected chi connectivity index (χ4v) is 1.54. The maximum absolute atomic E-state index is 5.88. The van der Waals surface area contributed by atoms with Crippen molar-refractivity contribution in [2.24, 2.45) is 0 Å². The summed E-state index contributed by atoms with van der Waals surface area (Å²) in [7, 11) is 0. The first-order valence-corrected chi connectivity index (χ1v) is 12.8. The summed E-state index contributed by atoms with van der Waals surface area (Å²) in [5.74, 6) is 0.701. The van der Waals surface area contributed by atoms with E-state index in [-0.39, 0.29) is 0 Å². The van der Waals surface area contributed by atoms with E-state index in [0.717, 1.165) is 5.56 Å². The van der Waals surface area contributed by atoms with Crippen molar-refractivity contribution in [2.45, 2.75) is 6.61 Å². The van der Waals surface area contributed by atoms with Crippen LogP contribution < -0.4 is 4.74 Å². The van der Waals surface area contributed by atoms with Crippen LogP contribution in [-0.2, 0) is 22.9 Å². The molecule has 0 atom stereocenters. The van der Waals surface area contributed by atoms with Gasteiger partial charge in [0.2, 0.25) is 0 Å². The average molecular weight is 397 g/mol. The molecule has 0 aromatic heterocycles. The van der Waals surface area contributed by atoms with Gasteiger partial charge in [-0.05, 0) is 12.1 Å². The normalized spacial score (nSPS) is 9.39. The molecule has 0 fully saturated rings. The molecule has 0 bridgehead atoms. The van der Waals surface area contributed by atoms with Gasteiger partial charge in [-0.1, -0.05) is 23.2 Å². The van der Waals surface area contributed by atoms with E-state index in [1.54, 1.807) is 18.2 Å². The first-order valence-electron chi connectivity index (χ1n) is 5.06. The number of rotatable bonds is 3. The van der Waals surface area contributed by atoms with Crippen LogP contribution in [0.25, 0.3) is 0 Å². The Kier molecular flexibility index (Phi) is 7.93. The van der Waals surface area contributed by atoms with Crippen LogP contribution in [0.2, 0.25) is 10.0 Å². The van der Waals surface area contributed by atoms with Crippen LogP contribution in [0.3, 0.4) is 0 Å². The molecule has 2 aromatic carbocycles. The van der Waals surface area contributed by atoms with Gasteiger partial charge < -0.3 is 4.74 Å². The summed E-state index contributed by atoms with van der Waals surface area (Å²) in [6, 6.07) is 16.0. The van der Waals surface area contributed by atoms with Crippen molar-refractivity contribution in [3.8, 4) is 5.75 Å². The van der Waals surface area contributed by atoms with Gasteiger partial charge in [-0.2, -0.15) is 30.3 Å². The summed E-state index contributed by atoms with van der Waals surface area (Å²) in [6.07, 6.45) is 0. The molecule has 0 aliphatic heterocycles. The molecular formula is C13H9BrCl2OZn. The molecular weight excluding hydrogens is 388 g/mol. The fraction of sp³-hybridized carbons (Fsp3) is 0.0769. The van der Waals surface area contributed by atoms with Crippen molar-refractivity contribution < 1.29 is 21.1 Å². The van der Waals surface area contributed by atoms with Crippen molar-refractivity contribution in [1.29, 1.82) is 0 Å². The Morgan fingerprint density at radius 1 is 1.11 bits per heavy atom. The Balaban J connectivity index is 0.000000771. The molecule has 18 heavy (non-hydrogen) atoms. The van der Waals surface area contributed by atoms with E-state index in [9.17, 15) is 0 Å². The second-order valence-electron chi connectivity index (χ2n) is 3.25. The Labute approximate surface area is 133 Å². The van der Waals surface area contributed by atoms with Crippen molar-refractivity contribution in [3.63, 3.8) is 0 Å². The molecule has 0 saturated carbocycles. The second kappa shape index (κ2) is 8.93. The number of benzene rings is 2. The summed E-state index contributed by atoms with van der Waals surface area (Å²) in [6.45, 7) is 0.471. The van der Waals surface area contributed by atoms with Crippen LogP contribution in [0.1, 0.15) is 5.56 Å². The maximum atomic E-state index is 5.88. The van der Waals surface area contributed by atoms with Crippen molar-refractivity contribution >= 4 is 36.8 Å². The van der Waals surface area contributed by atoms with Crippen LogP contribution in [0.15, 0.2) is 42.5 Å². The predicted octanol–water partition coefficient (Wildman–Crippen LogP) is 5.22. The van der Waals surface area contributed by atoms with Crippen LogP contribution in [0.5, 0.6) is 5.75 Å². The quantitative estimate of drug-likeness (QED) is 0.510. The zero-order valence-electron chi connectivity index (χ0n) is 9.50. The van der Waals surface area contributed by atoms with Gasteiger partial charge in [0.1, 0.15) is 5.75 Å². The molecule has 0 unspecified atom stereocenters. The topological polar surface area (TPSA) is 9.23 Å².